The highest BCUT2D eigenvalue weighted by Crippen LogP contribution is 2.19. The molecule has 1 N–H and O–H groups in total. The van der Waals surface area contributed by atoms with Crippen molar-refractivity contribution in [2.24, 2.45) is 7.05 Å². The van der Waals surface area contributed by atoms with Crippen molar-refractivity contribution in [1.29, 1.82) is 0 Å². The van der Waals surface area contributed by atoms with Crippen LogP contribution in [0.25, 0.3) is 0 Å². The summed E-state index contributed by atoms with van der Waals surface area (Å²) in [4.78, 5) is 10.1. The molecule has 0 unspecified atom stereocenters. The Morgan fingerprint density at radius 1 is 1.37 bits per heavy atom. The molecule has 0 radical (unpaired) electrons. The van der Waals surface area contributed by atoms with Crippen LogP contribution in [0.2, 0.25) is 0 Å². The van der Waals surface area contributed by atoms with Crippen molar-refractivity contribution in [1.82, 2.24) is 19.9 Å². The normalized spacial score (nSPS) is 10.7. The zero-order chi connectivity index (χ0) is 13.8. The summed E-state index contributed by atoms with van der Waals surface area (Å²) in [6.07, 6.45) is 5.22. The van der Waals surface area contributed by atoms with Crippen LogP contribution < -0.4 is 10.2 Å². The summed E-state index contributed by atoms with van der Waals surface area (Å²) in [6, 6.07) is 1.68. The molecule has 0 bridgehead atoms. The molecule has 2 heterocycles. The molecule has 0 spiro atoms. The zero-order valence-electron chi connectivity index (χ0n) is 11.4. The minimum absolute atomic E-state index is 0.284. The van der Waals surface area contributed by atoms with E-state index in [0.29, 0.717) is 24.5 Å². The Bertz CT molecular complexity index is 552. The van der Waals surface area contributed by atoms with Crippen molar-refractivity contribution in [3.05, 3.63) is 41.9 Å². The minimum Gasteiger partial charge on any atom is -0.350 e. The molecule has 2 aromatic rings. The van der Waals surface area contributed by atoms with Crippen LogP contribution >= 0.6 is 0 Å². The van der Waals surface area contributed by atoms with Gasteiger partial charge in [0, 0.05) is 44.8 Å². The Kier molecular flexibility index (Phi) is 4.11. The van der Waals surface area contributed by atoms with Crippen LogP contribution in [0.15, 0.2) is 24.7 Å². The number of rotatable bonds is 5. The molecule has 0 atom stereocenters. The van der Waals surface area contributed by atoms with Gasteiger partial charge in [0.05, 0.1) is 6.54 Å². The summed E-state index contributed by atoms with van der Waals surface area (Å²) >= 11 is 0. The Morgan fingerprint density at radius 3 is 2.79 bits per heavy atom. The third kappa shape index (κ3) is 2.90. The van der Waals surface area contributed by atoms with E-state index in [1.54, 1.807) is 30.4 Å². The number of halogens is 1. The summed E-state index contributed by atoms with van der Waals surface area (Å²) < 4.78 is 16.2. The molecule has 5 nitrogen and oxygen atoms in total. The van der Waals surface area contributed by atoms with Gasteiger partial charge >= 0.3 is 0 Å². The third-order valence-corrected chi connectivity index (χ3v) is 2.98. The minimum atomic E-state index is -0.284. The second-order valence-electron chi connectivity index (χ2n) is 4.45. The van der Waals surface area contributed by atoms with Gasteiger partial charge in [0.2, 0.25) is 0 Å². The third-order valence-electron chi connectivity index (χ3n) is 2.98. The first-order valence-corrected chi connectivity index (χ1v) is 6.08. The highest BCUT2D eigenvalue weighted by atomic mass is 19.1. The Balaban J connectivity index is 2.21. The van der Waals surface area contributed by atoms with Gasteiger partial charge in [-0.05, 0) is 13.1 Å². The van der Waals surface area contributed by atoms with Crippen LogP contribution in [-0.2, 0) is 20.1 Å². The maximum atomic E-state index is 14.3. The maximum absolute atomic E-state index is 14.3. The Hall–Kier alpha value is -1.95. The van der Waals surface area contributed by atoms with Crippen LogP contribution in [-0.4, -0.2) is 28.6 Å². The van der Waals surface area contributed by atoms with Gasteiger partial charge in [-0.25, -0.2) is 14.4 Å². The van der Waals surface area contributed by atoms with Gasteiger partial charge in [-0.15, -0.1) is 0 Å². The van der Waals surface area contributed by atoms with Crippen LogP contribution in [0.3, 0.4) is 0 Å². The van der Waals surface area contributed by atoms with Gasteiger partial charge in [-0.3, -0.25) is 0 Å². The molecular formula is C13H18FN5. The second-order valence-corrected chi connectivity index (χ2v) is 4.45. The van der Waals surface area contributed by atoms with Crippen molar-refractivity contribution in [3.8, 4) is 0 Å². The predicted molar refractivity (Wildman–Crippen MR) is 72.3 cm³/mol. The lowest BCUT2D eigenvalue weighted by molar-refractivity contribution is 0.587. The quantitative estimate of drug-likeness (QED) is 0.883. The van der Waals surface area contributed by atoms with E-state index >= 15 is 0 Å². The molecule has 2 rings (SSSR count). The standard InChI is InChI=1S/C13H18FN5/c1-15-8-10-4-5-17-13(12(10)14)19(3)9-11-16-6-7-18(11)2/h4-7,15H,8-9H2,1-3H3. The predicted octanol–water partition coefficient (Wildman–Crippen LogP) is 1.31. The van der Waals surface area contributed by atoms with Crippen molar-refractivity contribution in [2.45, 2.75) is 13.1 Å². The van der Waals surface area contributed by atoms with Crippen molar-refractivity contribution in [2.75, 3.05) is 19.0 Å². The van der Waals surface area contributed by atoms with Gasteiger partial charge in [-0.2, -0.15) is 0 Å². The average molecular weight is 263 g/mol. The van der Waals surface area contributed by atoms with Crippen LogP contribution in [0.4, 0.5) is 10.2 Å². The van der Waals surface area contributed by atoms with Crippen molar-refractivity contribution < 1.29 is 4.39 Å². The number of nitrogens with one attached hydrogen (secondary N) is 1. The number of imidazole rings is 1. The molecule has 0 fully saturated rings. The van der Waals surface area contributed by atoms with E-state index < -0.39 is 0 Å². The number of hydrogen-bond acceptors (Lipinski definition) is 4. The first-order chi connectivity index (χ1) is 9.13. The molecule has 0 saturated heterocycles. The van der Waals surface area contributed by atoms with Crippen LogP contribution in [0, 0.1) is 5.82 Å². The number of pyridine rings is 1. The summed E-state index contributed by atoms with van der Waals surface area (Å²) in [5.41, 5.74) is 0.610. The summed E-state index contributed by atoms with van der Waals surface area (Å²) in [5, 5.41) is 2.94. The van der Waals surface area contributed by atoms with Crippen LogP contribution in [0.1, 0.15) is 11.4 Å². The Morgan fingerprint density at radius 2 is 2.16 bits per heavy atom. The monoisotopic (exact) mass is 263 g/mol. The van der Waals surface area contributed by atoms with E-state index in [4.69, 9.17) is 0 Å². The lowest BCUT2D eigenvalue weighted by atomic mass is 10.2. The topological polar surface area (TPSA) is 46.0 Å². The number of hydrogen-bond donors (Lipinski definition) is 1. The SMILES string of the molecule is CNCc1ccnc(N(C)Cc2nccn2C)c1F. The lowest BCUT2D eigenvalue weighted by Crippen LogP contribution is -2.22. The van der Waals surface area contributed by atoms with E-state index in [1.807, 2.05) is 24.9 Å². The fourth-order valence-electron chi connectivity index (χ4n) is 1.90. The molecule has 0 saturated carbocycles. The number of aryl methyl sites for hydroxylation is 1. The van der Waals surface area contributed by atoms with Crippen LogP contribution in [0.5, 0.6) is 0 Å². The first-order valence-electron chi connectivity index (χ1n) is 6.08. The van der Waals surface area contributed by atoms with E-state index in [-0.39, 0.29) is 5.82 Å². The smallest absolute Gasteiger partial charge is 0.170 e. The van der Waals surface area contributed by atoms with Gasteiger partial charge in [0.25, 0.3) is 0 Å². The van der Waals surface area contributed by atoms with E-state index in [0.717, 1.165) is 5.82 Å². The van der Waals surface area contributed by atoms with Crippen molar-refractivity contribution in [3.63, 3.8) is 0 Å². The van der Waals surface area contributed by atoms with Gasteiger partial charge < -0.3 is 14.8 Å². The first kappa shape index (κ1) is 13.5. The lowest BCUT2D eigenvalue weighted by Gasteiger charge is -2.19. The van der Waals surface area contributed by atoms with Gasteiger partial charge in [0.15, 0.2) is 11.6 Å². The molecule has 19 heavy (non-hydrogen) atoms. The Labute approximate surface area is 112 Å². The van der Waals surface area contributed by atoms with Crippen molar-refractivity contribution >= 4 is 5.82 Å². The van der Waals surface area contributed by atoms with Gasteiger partial charge in [-0.1, -0.05) is 0 Å². The maximum Gasteiger partial charge on any atom is 0.170 e. The summed E-state index contributed by atoms with van der Waals surface area (Å²) in [7, 11) is 5.51. The molecule has 0 amide bonds. The van der Waals surface area contributed by atoms with Gasteiger partial charge in [0.1, 0.15) is 5.82 Å². The second kappa shape index (κ2) is 5.79. The highest BCUT2D eigenvalue weighted by Gasteiger charge is 2.14. The molecule has 0 aliphatic rings. The number of aromatic nitrogens is 3. The molecular weight excluding hydrogens is 245 g/mol. The fraction of sp³-hybridized carbons (Fsp3) is 0.385. The molecule has 0 aliphatic heterocycles. The summed E-state index contributed by atoms with van der Waals surface area (Å²) in [5.74, 6) is 0.923. The van der Waals surface area contributed by atoms with E-state index in [1.165, 1.54) is 0 Å². The molecule has 102 valence electrons. The number of nitrogens with zero attached hydrogens (tertiary/aromatic N) is 4. The highest BCUT2D eigenvalue weighted by molar-refractivity contribution is 5.42. The molecule has 6 heteroatoms. The molecule has 0 aliphatic carbocycles. The zero-order valence-corrected chi connectivity index (χ0v) is 11.4. The van der Waals surface area contributed by atoms with E-state index in [2.05, 4.69) is 15.3 Å². The average Bonchev–Trinajstić information content (AvgIpc) is 2.78. The fourth-order valence-corrected chi connectivity index (χ4v) is 1.90. The molecule has 0 aromatic carbocycles. The summed E-state index contributed by atoms with van der Waals surface area (Å²) in [6.45, 7) is 0.994. The van der Waals surface area contributed by atoms with E-state index in [9.17, 15) is 4.39 Å². The molecule has 2 aromatic heterocycles. The number of anilines is 1. The largest absolute Gasteiger partial charge is 0.350 e.